The van der Waals surface area contributed by atoms with Crippen molar-refractivity contribution < 1.29 is 23.9 Å². The number of rotatable bonds is 7. The summed E-state index contributed by atoms with van der Waals surface area (Å²) in [4.78, 5) is 37.7. The molecule has 0 saturated heterocycles. The fourth-order valence-corrected chi connectivity index (χ4v) is 3.61. The molecule has 1 amide bonds. The molecule has 0 fully saturated rings. The van der Waals surface area contributed by atoms with Crippen LogP contribution in [0.3, 0.4) is 0 Å². The lowest BCUT2D eigenvalue weighted by Gasteiger charge is -2.11. The number of amides is 1. The summed E-state index contributed by atoms with van der Waals surface area (Å²) in [5, 5.41) is 5.15. The lowest BCUT2D eigenvalue weighted by Crippen LogP contribution is -2.18. The first kappa shape index (κ1) is 26.9. The standard InChI is InChI=1S/C28H17Cl3N2O5/c29-20-10-5-17(6-11-20)27(35)37-22-14-9-19(16-32-33-26(34)23-3-1-2-4-24(23)31)25(15-22)38-28(36)18-7-12-21(30)13-8-18/h1-16H,(H,33,34)/b32-16+. The van der Waals surface area contributed by atoms with Gasteiger partial charge in [0.2, 0.25) is 0 Å². The molecule has 10 heteroatoms. The number of nitrogens with zero attached hydrogens (tertiary/aromatic N) is 1. The van der Waals surface area contributed by atoms with Crippen molar-refractivity contribution in [2.45, 2.75) is 0 Å². The normalized spacial score (nSPS) is 10.7. The molecule has 0 aliphatic heterocycles. The molecule has 0 saturated carbocycles. The van der Waals surface area contributed by atoms with Crippen molar-refractivity contribution in [2.24, 2.45) is 5.10 Å². The van der Waals surface area contributed by atoms with Crippen LogP contribution in [0.2, 0.25) is 15.1 Å². The molecule has 0 spiro atoms. The van der Waals surface area contributed by atoms with Gasteiger partial charge in [-0.1, -0.05) is 46.9 Å². The van der Waals surface area contributed by atoms with Crippen LogP contribution in [0.4, 0.5) is 0 Å². The maximum Gasteiger partial charge on any atom is 0.343 e. The van der Waals surface area contributed by atoms with Crippen molar-refractivity contribution in [3.05, 3.63) is 128 Å². The number of hydrogen-bond donors (Lipinski definition) is 1. The number of halogens is 3. The maximum absolute atomic E-state index is 12.8. The van der Waals surface area contributed by atoms with E-state index in [1.807, 2.05) is 0 Å². The molecule has 4 rings (SSSR count). The number of carbonyl (C=O) groups is 3. The van der Waals surface area contributed by atoms with Gasteiger partial charge in [0.25, 0.3) is 5.91 Å². The Hall–Kier alpha value is -4.17. The van der Waals surface area contributed by atoms with Crippen LogP contribution in [0.5, 0.6) is 11.5 Å². The van der Waals surface area contributed by atoms with E-state index >= 15 is 0 Å². The molecule has 0 aromatic heterocycles. The Bertz CT molecular complexity index is 1520. The summed E-state index contributed by atoms with van der Waals surface area (Å²) < 4.78 is 11.0. The van der Waals surface area contributed by atoms with Gasteiger partial charge in [-0.25, -0.2) is 15.0 Å². The molecule has 4 aromatic carbocycles. The van der Waals surface area contributed by atoms with Gasteiger partial charge < -0.3 is 9.47 Å². The summed E-state index contributed by atoms with van der Waals surface area (Å²) in [6.45, 7) is 0. The Morgan fingerprint density at radius 3 is 1.89 bits per heavy atom. The van der Waals surface area contributed by atoms with Crippen LogP contribution in [-0.4, -0.2) is 24.1 Å². The highest BCUT2D eigenvalue weighted by atomic mass is 35.5. The predicted molar refractivity (Wildman–Crippen MR) is 146 cm³/mol. The van der Waals surface area contributed by atoms with Crippen LogP contribution in [0.15, 0.2) is 96.1 Å². The van der Waals surface area contributed by atoms with Crippen LogP contribution < -0.4 is 14.9 Å². The first-order chi connectivity index (χ1) is 18.3. The SMILES string of the molecule is O=C(Oc1ccc(/C=N/NC(=O)c2ccccc2Cl)c(OC(=O)c2ccc(Cl)cc2)c1)c1ccc(Cl)cc1. The number of ether oxygens (including phenoxy) is 2. The molecular weight excluding hydrogens is 551 g/mol. The fourth-order valence-electron chi connectivity index (χ4n) is 3.14. The number of hydrazone groups is 1. The largest absolute Gasteiger partial charge is 0.423 e. The van der Waals surface area contributed by atoms with Crippen molar-refractivity contribution in [1.29, 1.82) is 0 Å². The minimum absolute atomic E-state index is 0.0297. The van der Waals surface area contributed by atoms with Crippen LogP contribution in [0.1, 0.15) is 36.6 Å². The Labute approximate surface area is 232 Å². The highest BCUT2D eigenvalue weighted by Gasteiger charge is 2.15. The number of benzene rings is 4. The van der Waals surface area contributed by atoms with E-state index in [-0.39, 0.29) is 33.2 Å². The topological polar surface area (TPSA) is 94.1 Å². The zero-order valence-corrected chi connectivity index (χ0v) is 21.6. The van der Waals surface area contributed by atoms with Gasteiger partial charge in [-0.2, -0.15) is 5.10 Å². The van der Waals surface area contributed by atoms with Crippen molar-refractivity contribution >= 4 is 58.9 Å². The molecule has 0 aliphatic carbocycles. The van der Waals surface area contributed by atoms with E-state index in [9.17, 15) is 14.4 Å². The summed E-state index contributed by atoms with van der Waals surface area (Å²) in [7, 11) is 0. The van der Waals surface area contributed by atoms with E-state index in [1.165, 1.54) is 48.7 Å². The molecule has 0 aliphatic rings. The van der Waals surface area contributed by atoms with E-state index in [1.54, 1.807) is 48.5 Å². The van der Waals surface area contributed by atoms with Crippen molar-refractivity contribution in [3.63, 3.8) is 0 Å². The van der Waals surface area contributed by atoms with Gasteiger partial charge in [0.05, 0.1) is 27.9 Å². The van der Waals surface area contributed by atoms with E-state index < -0.39 is 17.8 Å². The van der Waals surface area contributed by atoms with Gasteiger partial charge in [0.15, 0.2) is 0 Å². The highest BCUT2D eigenvalue weighted by molar-refractivity contribution is 6.33. The third-order valence-corrected chi connectivity index (χ3v) is 5.88. The minimum Gasteiger partial charge on any atom is -0.423 e. The molecule has 1 N–H and O–H groups in total. The summed E-state index contributed by atoms with van der Waals surface area (Å²) >= 11 is 17.8. The van der Waals surface area contributed by atoms with Gasteiger partial charge in [-0.15, -0.1) is 0 Å². The summed E-state index contributed by atoms with van der Waals surface area (Å²) in [5.41, 5.74) is 3.46. The first-order valence-corrected chi connectivity index (χ1v) is 12.1. The van der Waals surface area contributed by atoms with Gasteiger partial charge in [0.1, 0.15) is 11.5 Å². The van der Waals surface area contributed by atoms with E-state index in [0.29, 0.717) is 15.6 Å². The maximum atomic E-state index is 12.8. The summed E-state index contributed by atoms with van der Waals surface area (Å²) in [6.07, 6.45) is 1.28. The highest BCUT2D eigenvalue weighted by Crippen LogP contribution is 2.26. The molecule has 0 heterocycles. The Morgan fingerprint density at radius 2 is 1.29 bits per heavy atom. The van der Waals surface area contributed by atoms with E-state index in [0.717, 1.165) is 0 Å². The first-order valence-electron chi connectivity index (χ1n) is 11.0. The van der Waals surface area contributed by atoms with Gasteiger partial charge in [0, 0.05) is 21.7 Å². The van der Waals surface area contributed by atoms with Crippen molar-refractivity contribution in [3.8, 4) is 11.5 Å². The van der Waals surface area contributed by atoms with Crippen molar-refractivity contribution in [1.82, 2.24) is 5.43 Å². The Morgan fingerprint density at radius 1 is 0.711 bits per heavy atom. The Balaban J connectivity index is 1.57. The summed E-state index contributed by atoms with van der Waals surface area (Å²) in [6, 6.07) is 23.2. The fraction of sp³-hybridized carbons (Fsp3) is 0. The van der Waals surface area contributed by atoms with E-state index in [2.05, 4.69) is 10.5 Å². The number of nitrogens with one attached hydrogen (secondary N) is 1. The molecular formula is C28H17Cl3N2O5. The number of carbonyl (C=O) groups excluding carboxylic acids is 3. The molecule has 0 radical (unpaired) electrons. The third kappa shape index (κ3) is 6.98. The zero-order chi connectivity index (χ0) is 27.1. The lowest BCUT2D eigenvalue weighted by atomic mass is 10.2. The average molecular weight is 568 g/mol. The molecule has 0 unspecified atom stereocenters. The van der Waals surface area contributed by atoms with Gasteiger partial charge in [-0.3, -0.25) is 4.79 Å². The summed E-state index contributed by atoms with van der Waals surface area (Å²) in [5.74, 6) is -1.70. The van der Waals surface area contributed by atoms with Crippen LogP contribution >= 0.6 is 34.8 Å². The average Bonchev–Trinajstić information content (AvgIpc) is 2.90. The lowest BCUT2D eigenvalue weighted by molar-refractivity contribution is 0.0732. The second-order valence-corrected chi connectivity index (χ2v) is 8.95. The molecule has 7 nitrogen and oxygen atoms in total. The third-order valence-electron chi connectivity index (χ3n) is 5.05. The molecule has 190 valence electrons. The van der Waals surface area contributed by atoms with Crippen molar-refractivity contribution in [2.75, 3.05) is 0 Å². The smallest absolute Gasteiger partial charge is 0.343 e. The quantitative estimate of drug-likeness (QED) is 0.114. The molecule has 4 aromatic rings. The molecule has 0 bridgehead atoms. The molecule has 0 atom stereocenters. The predicted octanol–water partition coefficient (Wildman–Crippen LogP) is 6.85. The van der Waals surface area contributed by atoms with Gasteiger partial charge >= 0.3 is 11.9 Å². The minimum atomic E-state index is -0.683. The molecule has 38 heavy (non-hydrogen) atoms. The number of hydrogen-bond acceptors (Lipinski definition) is 6. The Kier molecular flexibility index (Phi) is 8.76. The van der Waals surface area contributed by atoms with Crippen LogP contribution in [0, 0.1) is 0 Å². The second-order valence-electron chi connectivity index (χ2n) is 7.67. The van der Waals surface area contributed by atoms with Crippen LogP contribution in [0.25, 0.3) is 0 Å². The van der Waals surface area contributed by atoms with E-state index in [4.69, 9.17) is 44.3 Å². The van der Waals surface area contributed by atoms with Gasteiger partial charge in [-0.05, 0) is 72.8 Å². The number of esters is 2. The van der Waals surface area contributed by atoms with Crippen LogP contribution in [-0.2, 0) is 0 Å². The monoisotopic (exact) mass is 566 g/mol. The zero-order valence-electron chi connectivity index (χ0n) is 19.4. The second kappa shape index (κ2) is 12.4.